The largest absolute Gasteiger partial charge is 0.487 e. The van der Waals surface area contributed by atoms with Crippen molar-refractivity contribution < 1.29 is 33.3 Å². The van der Waals surface area contributed by atoms with Gasteiger partial charge in [-0.05, 0) is 37.1 Å². The molecule has 33 heavy (non-hydrogen) atoms. The molecule has 3 atom stereocenters. The van der Waals surface area contributed by atoms with E-state index >= 15 is 0 Å². The van der Waals surface area contributed by atoms with Gasteiger partial charge in [-0.3, -0.25) is 14.4 Å². The molecule has 0 saturated carbocycles. The Morgan fingerprint density at radius 2 is 1.67 bits per heavy atom. The maximum atomic E-state index is 12.8. The van der Waals surface area contributed by atoms with Crippen molar-refractivity contribution in [2.45, 2.75) is 53.2 Å². The van der Waals surface area contributed by atoms with E-state index in [4.69, 9.17) is 18.9 Å². The highest BCUT2D eigenvalue weighted by Gasteiger charge is 2.30. The molecule has 0 aliphatic rings. The second-order valence-electron chi connectivity index (χ2n) is 8.06. The van der Waals surface area contributed by atoms with Gasteiger partial charge in [0.15, 0.2) is 11.5 Å². The lowest BCUT2D eigenvalue weighted by molar-refractivity contribution is -0.161. The van der Waals surface area contributed by atoms with Gasteiger partial charge in [0, 0.05) is 19.5 Å². The molecule has 8 heteroatoms. The lowest BCUT2D eigenvalue weighted by atomic mass is 10.00. The number of nitrogens with zero attached hydrogens (tertiary/aromatic N) is 1. The number of carbonyl (C=O) groups excluding carboxylic acids is 3. The molecule has 1 aromatic heterocycles. The maximum Gasteiger partial charge on any atom is 0.309 e. The van der Waals surface area contributed by atoms with Crippen LogP contribution >= 0.6 is 0 Å². The van der Waals surface area contributed by atoms with Gasteiger partial charge < -0.3 is 18.9 Å². The molecule has 1 aromatic carbocycles. The zero-order chi connectivity index (χ0) is 24.4. The van der Waals surface area contributed by atoms with Gasteiger partial charge in [0.05, 0.1) is 5.92 Å². The molecule has 0 N–H and O–H groups in total. The Kier molecular flexibility index (Phi) is 9.84. The minimum absolute atomic E-state index is 0.00707. The summed E-state index contributed by atoms with van der Waals surface area (Å²) in [6.07, 6.45) is 0.467. The lowest BCUT2D eigenvalue weighted by Gasteiger charge is -2.29. The third kappa shape index (κ3) is 8.21. The quantitative estimate of drug-likeness (QED) is 0.265. The van der Waals surface area contributed by atoms with Gasteiger partial charge in [-0.25, -0.2) is 4.98 Å². The molecule has 0 saturated heterocycles. The zero-order valence-electron chi connectivity index (χ0n) is 19.6. The van der Waals surface area contributed by atoms with E-state index in [1.807, 2.05) is 51.1 Å². The number of ether oxygens (including phenoxy) is 4. The first-order valence-electron chi connectivity index (χ1n) is 10.9. The van der Waals surface area contributed by atoms with Crippen LogP contribution in [0.3, 0.4) is 0 Å². The second-order valence-corrected chi connectivity index (χ2v) is 8.06. The van der Waals surface area contributed by atoms with Crippen molar-refractivity contribution >= 4 is 17.7 Å². The van der Waals surface area contributed by atoms with Gasteiger partial charge in [0.25, 0.3) is 0 Å². The number of para-hydroxylation sites is 1. The first-order chi connectivity index (χ1) is 15.7. The summed E-state index contributed by atoms with van der Waals surface area (Å²) in [6, 6.07) is 12.4. The highest BCUT2D eigenvalue weighted by atomic mass is 16.7. The predicted molar refractivity (Wildman–Crippen MR) is 121 cm³/mol. The molecule has 0 bridgehead atoms. The minimum atomic E-state index is -0.703. The third-order valence-corrected chi connectivity index (χ3v) is 4.84. The van der Waals surface area contributed by atoms with Crippen LogP contribution in [0, 0.1) is 11.8 Å². The average Bonchev–Trinajstić information content (AvgIpc) is 2.77. The number of benzene rings is 1. The normalized spacial score (nSPS) is 13.5. The molecule has 0 amide bonds. The first-order valence-corrected chi connectivity index (χ1v) is 10.9. The van der Waals surface area contributed by atoms with Crippen molar-refractivity contribution in [2.75, 3.05) is 6.79 Å². The van der Waals surface area contributed by atoms with Crippen LogP contribution in [0.25, 0.3) is 0 Å². The lowest BCUT2D eigenvalue weighted by Crippen LogP contribution is -2.39. The zero-order valence-corrected chi connectivity index (χ0v) is 19.6. The second kappa shape index (κ2) is 12.6. The molecule has 2 aromatic rings. The van der Waals surface area contributed by atoms with Crippen LogP contribution in [0.15, 0.2) is 48.7 Å². The smallest absolute Gasteiger partial charge is 0.309 e. The fourth-order valence-corrected chi connectivity index (χ4v) is 3.16. The molecule has 0 aliphatic heterocycles. The fraction of sp³-hybridized carbons (Fsp3) is 0.440. The van der Waals surface area contributed by atoms with E-state index in [1.165, 1.54) is 13.1 Å². The van der Waals surface area contributed by atoms with E-state index in [0.29, 0.717) is 5.75 Å². The molecule has 0 unspecified atom stereocenters. The summed E-state index contributed by atoms with van der Waals surface area (Å²) in [5.74, 6) is -1.22. The minimum Gasteiger partial charge on any atom is -0.487 e. The highest BCUT2D eigenvalue weighted by molar-refractivity contribution is 5.98. The van der Waals surface area contributed by atoms with Crippen LogP contribution in [0.2, 0.25) is 0 Å². The topological polar surface area (TPSA) is 101 Å². The van der Waals surface area contributed by atoms with Crippen LogP contribution in [-0.2, 0) is 19.1 Å². The van der Waals surface area contributed by atoms with Crippen molar-refractivity contribution in [3.8, 4) is 11.5 Å². The fourth-order valence-electron chi connectivity index (χ4n) is 3.16. The molecule has 0 spiro atoms. The predicted octanol–water partition coefficient (Wildman–Crippen LogP) is 4.23. The van der Waals surface area contributed by atoms with Gasteiger partial charge in [0.1, 0.15) is 23.7 Å². The Hall–Kier alpha value is -3.42. The van der Waals surface area contributed by atoms with Gasteiger partial charge >= 0.3 is 11.9 Å². The number of carbonyl (C=O) groups is 3. The molecule has 2 rings (SSSR count). The van der Waals surface area contributed by atoms with E-state index in [2.05, 4.69) is 4.98 Å². The molecule has 178 valence electrons. The molecule has 1 heterocycles. The maximum absolute atomic E-state index is 12.8. The van der Waals surface area contributed by atoms with Crippen LogP contribution in [0.5, 0.6) is 11.5 Å². The average molecular weight is 458 g/mol. The SMILES string of the molecule is CC(=O)OCOc1cccnc1C(=O)C[C@@H](C)C(=O)O[C@H](C(C)C)[C@H](C)Oc1ccccc1. The Morgan fingerprint density at radius 3 is 2.30 bits per heavy atom. The summed E-state index contributed by atoms with van der Waals surface area (Å²) < 4.78 is 21.8. The van der Waals surface area contributed by atoms with Crippen LogP contribution in [-0.4, -0.2) is 41.7 Å². The van der Waals surface area contributed by atoms with Crippen molar-refractivity contribution in [1.29, 1.82) is 0 Å². The van der Waals surface area contributed by atoms with E-state index in [9.17, 15) is 14.4 Å². The van der Waals surface area contributed by atoms with Crippen molar-refractivity contribution in [2.24, 2.45) is 11.8 Å². The molecular weight excluding hydrogens is 426 g/mol. The van der Waals surface area contributed by atoms with Crippen LogP contribution in [0.4, 0.5) is 0 Å². The Labute approximate surface area is 194 Å². The van der Waals surface area contributed by atoms with E-state index < -0.39 is 24.0 Å². The standard InChI is InChI=1S/C25H31NO7/c1-16(2)24(18(4)32-20-10-7-6-8-11-20)33-25(29)17(3)14-21(28)23-22(12-9-13-26-23)31-15-30-19(5)27/h6-13,16-18,24H,14-15H2,1-5H3/t17-,18+,24-/m1/s1. The number of ketones is 1. The number of hydrogen-bond acceptors (Lipinski definition) is 8. The van der Waals surface area contributed by atoms with Gasteiger partial charge in [0.2, 0.25) is 6.79 Å². The summed E-state index contributed by atoms with van der Waals surface area (Å²) in [4.78, 5) is 40.5. The van der Waals surface area contributed by atoms with E-state index in [0.717, 1.165) is 0 Å². The Morgan fingerprint density at radius 1 is 0.970 bits per heavy atom. The van der Waals surface area contributed by atoms with Gasteiger partial charge in [-0.1, -0.05) is 39.0 Å². The first kappa shape index (κ1) is 25.8. The number of hydrogen-bond donors (Lipinski definition) is 0. The molecule has 0 aliphatic carbocycles. The van der Waals surface area contributed by atoms with Crippen molar-refractivity contribution in [3.05, 3.63) is 54.4 Å². The van der Waals surface area contributed by atoms with Gasteiger partial charge in [-0.2, -0.15) is 0 Å². The summed E-state index contributed by atoms with van der Waals surface area (Å²) in [7, 11) is 0. The van der Waals surface area contributed by atoms with E-state index in [1.54, 1.807) is 19.1 Å². The monoisotopic (exact) mass is 457 g/mol. The number of rotatable bonds is 12. The number of esters is 2. The molecular formula is C25H31NO7. The van der Waals surface area contributed by atoms with Crippen molar-refractivity contribution in [3.63, 3.8) is 0 Å². The van der Waals surface area contributed by atoms with Crippen LogP contribution in [0.1, 0.15) is 51.5 Å². The van der Waals surface area contributed by atoms with E-state index in [-0.39, 0.29) is 42.5 Å². The van der Waals surface area contributed by atoms with Gasteiger partial charge in [-0.15, -0.1) is 0 Å². The summed E-state index contributed by atoms with van der Waals surface area (Å²) in [6.45, 7) is 8.28. The van der Waals surface area contributed by atoms with Crippen molar-refractivity contribution in [1.82, 2.24) is 4.98 Å². The molecule has 0 radical (unpaired) electrons. The highest BCUT2D eigenvalue weighted by Crippen LogP contribution is 2.23. The molecule has 0 fully saturated rings. The summed E-state index contributed by atoms with van der Waals surface area (Å²) in [5.41, 5.74) is 0.0606. The van der Waals surface area contributed by atoms with Crippen LogP contribution < -0.4 is 9.47 Å². The summed E-state index contributed by atoms with van der Waals surface area (Å²) >= 11 is 0. The number of pyridine rings is 1. The summed E-state index contributed by atoms with van der Waals surface area (Å²) in [5, 5.41) is 0. The number of aromatic nitrogens is 1. The Balaban J connectivity index is 1.99. The Bertz CT molecular complexity index is 929. The third-order valence-electron chi connectivity index (χ3n) is 4.84. The number of Topliss-reactive ketones (excluding diaryl/α,β-unsaturated/α-hetero) is 1. The molecule has 8 nitrogen and oxygen atoms in total.